The molecule has 0 saturated carbocycles. The molecule has 1 rings (SSSR count). The van der Waals surface area contributed by atoms with Crippen LogP contribution in [0.25, 0.3) is 0 Å². The third-order valence-electron chi connectivity index (χ3n) is 2.67. The average molecular weight is 249 g/mol. The fraction of sp³-hybridized carbons (Fsp3) is 1.00. The van der Waals surface area contributed by atoms with Crippen molar-refractivity contribution < 1.29 is 47.0 Å². The van der Waals surface area contributed by atoms with E-state index in [2.05, 4.69) is 6.92 Å². The van der Waals surface area contributed by atoms with Crippen molar-refractivity contribution in [2.24, 2.45) is 0 Å². The summed E-state index contributed by atoms with van der Waals surface area (Å²) >= 11 is 0. The molecule has 1 aliphatic rings. The Bertz CT molecular complexity index is 110. The number of hydrogen-bond donors (Lipinski definition) is 1. The smallest absolute Gasteiger partial charge is 0.103 e. The second kappa shape index (κ2) is 6.44. The number of quaternary nitrogens is 1. The van der Waals surface area contributed by atoms with E-state index in [1.54, 1.807) is 0 Å². The number of likely N-dealkylation sites (N-methyl/N-ethyl adjacent to an activating group) is 1. The molecule has 0 unspecified atom stereocenters. The first kappa shape index (κ1) is 13.0. The summed E-state index contributed by atoms with van der Waals surface area (Å²) in [5.41, 5.74) is 0. The van der Waals surface area contributed by atoms with Gasteiger partial charge in [-0.1, -0.05) is 0 Å². The van der Waals surface area contributed by atoms with Gasteiger partial charge >= 0.3 is 0 Å². The molecule has 1 saturated heterocycles. The summed E-state index contributed by atoms with van der Waals surface area (Å²) in [6.45, 7) is 8.33. The number of ether oxygens (including phenoxy) is 1. The second-order valence-electron chi connectivity index (χ2n) is 3.16. The van der Waals surface area contributed by atoms with E-state index in [4.69, 9.17) is 9.84 Å². The summed E-state index contributed by atoms with van der Waals surface area (Å²) in [6, 6.07) is 0. The van der Waals surface area contributed by atoms with Gasteiger partial charge in [0.15, 0.2) is 0 Å². The molecule has 3 nitrogen and oxygen atoms in total. The molecular weight excluding hydrogens is 231 g/mol. The summed E-state index contributed by atoms with van der Waals surface area (Å²) in [5, 5.41) is 8.86. The first-order valence-corrected chi connectivity index (χ1v) is 4.37. The predicted octanol–water partition coefficient (Wildman–Crippen LogP) is -0.157. The molecule has 0 aromatic heterocycles. The summed E-state index contributed by atoms with van der Waals surface area (Å²) in [6.07, 6.45) is 0. The molecule has 0 aromatic rings. The van der Waals surface area contributed by atoms with Crippen LogP contribution in [0.1, 0.15) is 6.92 Å². The van der Waals surface area contributed by atoms with Gasteiger partial charge in [-0.2, -0.15) is 0 Å². The molecule has 4 heteroatoms. The van der Waals surface area contributed by atoms with E-state index in [1.165, 1.54) is 0 Å². The Kier molecular flexibility index (Phi) is 6.97. The van der Waals surface area contributed by atoms with Crippen LogP contribution in [0.2, 0.25) is 0 Å². The molecule has 0 aromatic carbocycles. The van der Waals surface area contributed by atoms with Crippen molar-refractivity contribution in [2.75, 3.05) is 46.0 Å². The van der Waals surface area contributed by atoms with Crippen LogP contribution in [0.4, 0.5) is 0 Å². The van der Waals surface area contributed by atoms with Gasteiger partial charge in [0.05, 0.1) is 26.4 Å². The van der Waals surface area contributed by atoms with E-state index in [9.17, 15) is 0 Å². The Balaban J connectivity index is 0.00000121. The fourth-order valence-corrected chi connectivity index (χ4v) is 1.64. The van der Waals surface area contributed by atoms with Gasteiger partial charge in [0.25, 0.3) is 0 Å². The number of rotatable bonds is 3. The normalized spacial score (nSPS) is 21.5. The van der Waals surface area contributed by atoms with E-state index in [-0.39, 0.29) is 32.7 Å². The third-order valence-corrected chi connectivity index (χ3v) is 2.67. The molecule has 69 valence electrons. The van der Waals surface area contributed by atoms with Crippen molar-refractivity contribution in [3.8, 4) is 0 Å². The zero-order chi connectivity index (χ0) is 8.16. The number of morpholine rings is 1. The van der Waals surface area contributed by atoms with Crippen LogP contribution in [-0.4, -0.2) is 55.6 Å². The van der Waals surface area contributed by atoms with Crippen LogP contribution < -0.4 is 0 Å². The topological polar surface area (TPSA) is 29.5 Å². The van der Waals surface area contributed by atoms with Gasteiger partial charge in [0.2, 0.25) is 0 Å². The molecule has 0 spiro atoms. The van der Waals surface area contributed by atoms with E-state index in [0.717, 1.165) is 43.9 Å². The van der Waals surface area contributed by atoms with Gasteiger partial charge < -0.3 is 14.3 Å². The molecule has 0 aliphatic carbocycles. The fourth-order valence-electron chi connectivity index (χ4n) is 1.64. The minimum absolute atomic E-state index is 0. The van der Waals surface area contributed by atoms with E-state index >= 15 is 0 Å². The van der Waals surface area contributed by atoms with Gasteiger partial charge in [-0.25, -0.2) is 0 Å². The van der Waals surface area contributed by atoms with Crippen LogP contribution in [0.5, 0.6) is 0 Å². The summed E-state index contributed by atoms with van der Waals surface area (Å²) < 4.78 is 6.31. The third kappa shape index (κ3) is 3.39. The van der Waals surface area contributed by atoms with Crippen LogP contribution in [0.15, 0.2) is 0 Å². The summed E-state index contributed by atoms with van der Waals surface area (Å²) in [7, 11) is 0. The van der Waals surface area contributed by atoms with E-state index < -0.39 is 0 Å². The van der Waals surface area contributed by atoms with Crippen molar-refractivity contribution in [1.82, 2.24) is 0 Å². The number of nitrogens with zero attached hydrogens (tertiary/aromatic N) is 1. The summed E-state index contributed by atoms with van der Waals surface area (Å²) in [4.78, 5) is 0. The van der Waals surface area contributed by atoms with Crippen LogP contribution in [0.3, 0.4) is 0 Å². The van der Waals surface area contributed by atoms with Gasteiger partial charge in [0, 0.05) is 32.7 Å². The van der Waals surface area contributed by atoms with Gasteiger partial charge in [-0.05, 0) is 6.92 Å². The van der Waals surface area contributed by atoms with Crippen LogP contribution in [0, 0.1) is 0 Å². The first-order valence-electron chi connectivity index (χ1n) is 4.37. The molecule has 1 aliphatic heterocycles. The van der Waals surface area contributed by atoms with Gasteiger partial charge in [-0.15, -0.1) is 0 Å². The molecule has 0 bridgehead atoms. The zero-order valence-corrected chi connectivity index (χ0v) is 10.7. The SMILES string of the molecule is CC[N+]1(CCO)CCOCC1.[Y]. The molecular formula is C8H18NO2Y+. The number of hydrogen-bond acceptors (Lipinski definition) is 2. The van der Waals surface area contributed by atoms with Gasteiger partial charge in [-0.3, -0.25) is 0 Å². The quantitative estimate of drug-likeness (QED) is 0.704. The molecule has 1 heterocycles. The molecule has 1 fully saturated rings. The largest absolute Gasteiger partial charge is 0.391 e. The number of aliphatic hydroxyl groups excluding tert-OH is 1. The standard InChI is InChI=1S/C8H18NO2.Y/c1-2-9(3-6-10)4-7-11-8-5-9;/h10H,2-8H2,1H3;/q+1;. The molecule has 0 atom stereocenters. The van der Waals surface area contributed by atoms with Crippen molar-refractivity contribution >= 4 is 0 Å². The van der Waals surface area contributed by atoms with Crippen LogP contribution >= 0.6 is 0 Å². The van der Waals surface area contributed by atoms with Crippen LogP contribution in [-0.2, 0) is 37.4 Å². The molecule has 0 amide bonds. The first-order chi connectivity index (χ1) is 5.33. The van der Waals surface area contributed by atoms with Gasteiger partial charge in [0.1, 0.15) is 19.6 Å². The van der Waals surface area contributed by atoms with E-state index in [1.807, 2.05) is 0 Å². The zero-order valence-electron chi connectivity index (χ0n) is 7.83. The molecule has 1 N–H and O–H groups in total. The van der Waals surface area contributed by atoms with Crippen molar-refractivity contribution in [1.29, 1.82) is 0 Å². The Morgan fingerprint density at radius 2 is 1.92 bits per heavy atom. The minimum atomic E-state index is 0. The number of aliphatic hydroxyl groups is 1. The second-order valence-corrected chi connectivity index (χ2v) is 3.16. The molecule has 12 heavy (non-hydrogen) atoms. The Morgan fingerprint density at radius 3 is 2.33 bits per heavy atom. The minimum Gasteiger partial charge on any atom is -0.391 e. The maximum absolute atomic E-state index is 8.86. The molecule has 1 radical (unpaired) electrons. The Hall–Kier alpha value is 0.984. The maximum Gasteiger partial charge on any atom is 0.103 e. The maximum atomic E-state index is 8.86. The Labute approximate surface area is 99.5 Å². The Morgan fingerprint density at radius 1 is 1.33 bits per heavy atom. The van der Waals surface area contributed by atoms with Crippen molar-refractivity contribution in [3.63, 3.8) is 0 Å². The van der Waals surface area contributed by atoms with Crippen molar-refractivity contribution in [2.45, 2.75) is 6.92 Å². The average Bonchev–Trinajstić information content (AvgIpc) is 2.07. The van der Waals surface area contributed by atoms with E-state index in [0.29, 0.717) is 6.61 Å². The summed E-state index contributed by atoms with van der Waals surface area (Å²) in [5.74, 6) is 0. The predicted molar refractivity (Wildman–Crippen MR) is 43.3 cm³/mol. The van der Waals surface area contributed by atoms with Crippen molar-refractivity contribution in [3.05, 3.63) is 0 Å². The monoisotopic (exact) mass is 249 g/mol.